The maximum atomic E-state index is 12.7. The quantitative estimate of drug-likeness (QED) is 0.159. The van der Waals surface area contributed by atoms with E-state index in [1.54, 1.807) is 24.4 Å². The third-order valence-electron chi connectivity index (χ3n) is 6.50. The number of piperidine rings is 1. The third kappa shape index (κ3) is 9.91. The average molecular weight is 723 g/mol. The maximum Gasteiger partial charge on any atom is 0.434 e. The van der Waals surface area contributed by atoms with Crippen molar-refractivity contribution in [3.8, 4) is 0 Å². The van der Waals surface area contributed by atoms with Crippen molar-refractivity contribution in [3.05, 3.63) is 53.2 Å². The van der Waals surface area contributed by atoms with Crippen LogP contribution in [0.5, 0.6) is 0 Å². The van der Waals surface area contributed by atoms with Crippen LogP contribution in [0.3, 0.4) is 0 Å². The van der Waals surface area contributed by atoms with Gasteiger partial charge >= 0.3 is 30.1 Å². The van der Waals surface area contributed by atoms with Crippen LogP contribution in [-0.4, -0.2) is 74.8 Å². The number of alkyl halides is 9. The number of likely N-dealkylation sites (tertiary alicyclic amines) is 1. The van der Waals surface area contributed by atoms with Gasteiger partial charge in [-0.25, -0.2) is 24.4 Å². The number of nitrogens with one attached hydrogen (secondary N) is 1. The van der Waals surface area contributed by atoms with Gasteiger partial charge in [0.25, 0.3) is 6.10 Å². The van der Waals surface area contributed by atoms with E-state index < -0.39 is 42.3 Å². The first-order valence-corrected chi connectivity index (χ1v) is 13.7. The van der Waals surface area contributed by atoms with Gasteiger partial charge < -0.3 is 24.3 Å². The van der Waals surface area contributed by atoms with Gasteiger partial charge in [0, 0.05) is 36.9 Å². The Morgan fingerprint density at radius 1 is 1.00 bits per heavy atom. The normalized spacial score (nSPS) is 15.0. The number of halogens is 11. The minimum Gasteiger partial charge on any atom is -0.441 e. The fourth-order valence-corrected chi connectivity index (χ4v) is 4.55. The molecule has 1 unspecified atom stereocenters. The number of hydrogen-bond acceptors (Lipinski definition) is 7. The zero-order valence-electron chi connectivity index (χ0n) is 23.6. The Hall–Kier alpha value is -4.18. The second-order valence-electron chi connectivity index (χ2n) is 9.69. The van der Waals surface area contributed by atoms with E-state index in [0.717, 1.165) is 4.90 Å². The van der Waals surface area contributed by atoms with Crippen molar-refractivity contribution in [1.29, 1.82) is 0 Å². The molecule has 1 amide bonds. The Morgan fingerprint density at radius 3 is 2.11 bits per heavy atom. The molecule has 256 valence electrons. The Labute approximate surface area is 269 Å². The Bertz CT molecular complexity index is 1600. The lowest BCUT2D eigenvalue weighted by Crippen LogP contribution is -2.49. The molecule has 1 N–H and O–H groups in total. The maximum absolute atomic E-state index is 12.7. The number of aromatic nitrogens is 3. The highest BCUT2D eigenvalue weighted by atomic mass is 35.5. The topological polar surface area (TPSA) is 103 Å². The Kier molecular flexibility index (Phi) is 11.7. The number of carbonyl (C=O) groups excluding carboxylic acids is 2. The van der Waals surface area contributed by atoms with Gasteiger partial charge in [-0.2, -0.15) is 39.5 Å². The van der Waals surface area contributed by atoms with E-state index in [2.05, 4.69) is 41.2 Å². The standard InChI is InChI=1S/C22H17ClF6N6O2.C4H4ClF3O2/c1-30-12-2-3-16(15(23)10-12)33-17-14-6-9-35(18(14)32-11-31-17)13-4-7-34(8-5-13)20(36)37-19(21(24,25)26)22(27,28)29;1-2(4(6,7)8)10-3(5)9/h2-3,6,9-11,13,19H,4-5,7-8H2,(H,31,32,33);2H,1H3. The van der Waals surface area contributed by atoms with E-state index in [1.165, 1.54) is 12.4 Å². The molecule has 0 bridgehead atoms. The van der Waals surface area contributed by atoms with Crippen LogP contribution in [0.15, 0.2) is 36.8 Å². The van der Waals surface area contributed by atoms with Crippen molar-refractivity contribution in [2.45, 2.75) is 56.5 Å². The van der Waals surface area contributed by atoms with Gasteiger partial charge in [-0.1, -0.05) is 17.7 Å². The van der Waals surface area contributed by atoms with Crippen LogP contribution < -0.4 is 5.32 Å². The molecule has 3 heterocycles. The van der Waals surface area contributed by atoms with Gasteiger partial charge in [0.1, 0.15) is 17.8 Å². The molecule has 1 saturated heterocycles. The summed E-state index contributed by atoms with van der Waals surface area (Å²) in [7, 11) is 0. The summed E-state index contributed by atoms with van der Waals surface area (Å²) in [6.07, 6.45) is -20.5. The van der Waals surface area contributed by atoms with Crippen molar-refractivity contribution in [2.24, 2.45) is 0 Å². The second-order valence-corrected chi connectivity index (χ2v) is 10.4. The molecule has 10 nitrogen and oxygen atoms in total. The predicted molar refractivity (Wildman–Crippen MR) is 149 cm³/mol. The summed E-state index contributed by atoms with van der Waals surface area (Å²) in [6, 6.07) is 6.25. The van der Waals surface area contributed by atoms with E-state index in [9.17, 15) is 49.1 Å². The molecule has 1 atom stereocenters. The van der Waals surface area contributed by atoms with E-state index in [-0.39, 0.29) is 32.0 Å². The molecule has 3 aromatic rings. The Balaban J connectivity index is 0.000000520. The number of nitrogens with zero attached hydrogens (tertiary/aromatic N) is 5. The lowest BCUT2D eigenvalue weighted by atomic mass is 10.1. The Morgan fingerprint density at radius 2 is 1.62 bits per heavy atom. The fourth-order valence-electron chi connectivity index (χ4n) is 4.19. The van der Waals surface area contributed by atoms with Crippen LogP contribution in [-0.2, 0) is 9.47 Å². The highest BCUT2D eigenvalue weighted by Crippen LogP contribution is 2.37. The number of hydrogen-bond donors (Lipinski definition) is 1. The summed E-state index contributed by atoms with van der Waals surface area (Å²) in [5.41, 5.74) is -0.0341. The van der Waals surface area contributed by atoms with Crippen LogP contribution in [0.2, 0.25) is 5.02 Å². The van der Waals surface area contributed by atoms with Gasteiger partial charge in [0.2, 0.25) is 0 Å². The van der Waals surface area contributed by atoms with Crippen LogP contribution >= 0.6 is 23.2 Å². The highest BCUT2D eigenvalue weighted by molar-refractivity contribution is 6.61. The van der Waals surface area contributed by atoms with E-state index in [4.69, 9.17) is 18.2 Å². The molecular weight excluding hydrogens is 702 g/mol. The molecule has 1 aliphatic heterocycles. The molecule has 0 radical (unpaired) electrons. The van der Waals surface area contributed by atoms with E-state index in [1.807, 2.05) is 4.57 Å². The summed E-state index contributed by atoms with van der Waals surface area (Å²) in [5, 5.41) is 4.04. The first-order chi connectivity index (χ1) is 21.7. The number of carbonyl (C=O) groups is 2. The van der Waals surface area contributed by atoms with Crippen LogP contribution in [0.4, 0.5) is 66.3 Å². The first kappa shape index (κ1) is 37.3. The van der Waals surface area contributed by atoms with Crippen LogP contribution in [0.1, 0.15) is 25.8 Å². The number of anilines is 2. The smallest absolute Gasteiger partial charge is 0.434 e. The molecule has 1 fully saturated rings. The molecule has 1 aliphatic rings. The van der Waals surface area contributed by atoms with Crippen molar-refractivity contribution < 1.29 is 58.6 Å². The lowest BCUT2D eigenvalue weighted by molar-refractivity contribution is -0.308. The molecule has 21 heteroatoms. The van der Waals surface area contributed by atoms with Gasteiger partial charge in [-0.15, -0.1) is 0 Å². The third-order valence-corrected chi connectivity index (χ3v) is 6.91. The number of benzene rings is 1. The predicted octanol–water partition coefficient (Wildman–Crippen LogP) is 8.96. The average Bonchev–Trinajstić information content (AvgIpc) is 3.40. The summed E-state index contributed by atoms with van der Waals surface area (Å²) < 4.78 is 120. The summed E-state index contributed by atoms with van der Waals surface area (Å²) in [4.78, 5) is 34.5. The SMILES string of the molecule is CC(OC(=O)Cl)C(F)(F)F.[C-]#[N+]c1ccc(Nc2ncnc3c2ccn3C2CCN(C(=O)OC(C(F)(F)F)C(F)(F)F)CC2)c(Cl)c1. The zero-order valence-corrected chi connectivity index (χ0v) is 25.1. The van der Waals surface area contributed by atoms with Gasteiger partial charge in [0.15, 0.2) is 11.8 Å². The van der Waals surface area contributed by atoms with E-state index in [0.29, 0.717) is 40.2 Å². The molecule has 1 aromatic carbocycles. The van der Waals surface area contributed by atoms with Gasteiger partial charge in [0.05, 0.1) is 22.7 Å². The van der Waals surface area contributed by atoms with Gasteiger partial charge in [-0.05, 0) is 38.0 Å². The molecule has 4 rings (SSSR count). The molecule has 0 aliphatic carbocycles. The first-order valence-electron chi connectivity index (χ1n) is 13.0. The van der Waals surface area contributed by atoms with Crippen LogP contribution in [0, 0.1) is 6.57 Å². The largest absolute Gasteiger partial charge is 0.441 e. The fraction of sp³-hybridized carbons (Fsp3) is 0.423. The molecular formula is C26H21Cl2F9N6O4. The van der Waals surface area contributed by atoms with Crippen molar-refractivity contribution in [3.63, 3.8) is 0 Å². The number of rotatable bonds is 5. The number of fused-ring (bicyclic) bond motifs is 1. The van der Waals surface area contributed by atoms with E-state index >= 15 is 0 Å². The second kappa shape index (κ2) is 14.7. The molecule has 47 heavy (non-hydrogen) atoms. The minimum absolute atomic E-state index is 0.106. The molecule has 2 aromatic heterocycles. The minimum atomic E-state index is -5.77. The monoisotopic (exact) mass is 722 g/mol. The van der Waals surface area contributed by atoms with Gasteiger partial charge in [-0.3, -0.25) is 0 Å². The molecule has 0 saturated carbocycles. The van der Waals surface area contributed by atoms with Crippen molar-refractivity contribution in [1.82, 2.24) is 19.4 Å². The number of amides is 1. The lowest BCUT2D eigenvalue weighted by Gasteiger charge is -2.33. The highest BCUT2D eigenvalue weighted by Gasteiger charge is 2.60. The number of ether oxygens (including phenoxy) is 2. The van der Waals surface area contributed by atoms with Crippen LogP contribution in [0.25, 0.3) is 15.9 Å². The molecule has 0 spiro atoms. The van der Waals surface area contributed by atoms with Crippen molar-refractivity contribution in [2.75, 3.05) is 18.4 Å². The van der Waals surface area contributed by atoms with Crippen molar-refractivity contribution >= 4 is 62.9 Å². The summed E-state index contributed by atoms with van der Waals surface area (Å²) >= 11 is 10.8. The summed E-state index contributed by atoms with van der Waals surface area (Å²) in [5.74, 6) is 0.438. The zero-order chi connectivity index (χ0) is 35.3. The summed E-state index contributed by atoms with van der Waals surface area (Å²) in [6.45, 7) is 7.54.